The number of carbonyl (C=O) groups is 2. The molecule has 0 aliphatic rings. The van der Waals surface area contributed by atoms with Gasteiger partial charge in [0, 0.05) is 29.5 Å². The number of rotatable bonds is 7. The maximum atomic E-state index is 13.0. The van der Waals surface area contributed by atoms with Gasteiger partial charge in [-0.2, -0.15) is 0 Å². The van der Waals surface area contributed by atoms with Gasteiger partial charge in [-0.05, 0) is 58.2 Å². The number of aromatic nitrogens is 3. The Hall–Kier alpha value is -3.70. The number of nitrogens with zero attached hydrogens (tertiary/aromatic N) is 3. The van der Waals surface area contributed by atoms with E-state index in [0.717, 1.165) is 5.56 Å². The van der Waals surface area contributed by atoms with Gasteiger partial charge in [0.15, 0.2) is 5.16 Å². The monoisotopic (exact) mass is 535 g/mol. The molecule has 0 bridgehead atoms. The van der Waals surface area contributed by atoms with Crippen LogP contribution >= 0.6 is 23.1 Å². The molecule has 4 aromatic rings. The number of thioether (sulfide) groups is 1. The zero-order chi connectivity index (χ0) is 26.7. The van der Waals surface area contributed by atoms with Crippen LogP contribution in [0.5, 0.6) is 0 Å². The van der Waals surface area contributed by atoms with Gasteiger partial charge in [-0.15, -0.1) is 11.3 Å². The molecule has 0 spiro atoms. The third-order valence-corrected chi connectivity index (χ3v) is 6.88. The first-order chi connectivity index (χ1) is 17.6. The normalized spacial score (nSPS) is 11.4. The summed E-state index contributed by atoms with van der Waals surface area (Å²) in [5, 5.41) is 10.2. The Morgan fingerprint density at radius 1 is 1.11 bits per heavy atom. The number of hydrogen-bond acceptors (Lipinski definition) is 9. The van der Waals surface area contributed by atoms with Crippen LogP contribution in [-0.2, 0) is 0 Å². The fourth-order valence-corrected chi connectivity index (χ4v) is 5.12. The van der Waals surface area contributed by atoms with Gasteiger partial charge in [0.25, 0.3) is 11.8 Å². The van der Waals surface area contributed by atoms with E-state index in [0.29, 0.717) is 55.2 Å². The Morgan fingerprint density at radius 3 is 2.59 bits per heavy atom. The van der Waals surface area contributed by atoms with Crippen molar-refractivity contribution in [3.63, 3.8) is 0 Å². The van der Waals surface area contributed by atoms with E-state index in [4.69, 9.17) is 10.7 Å². The predicted octanol–water partition coefficient (Wildman–Crippen LogP) is 5.27. The van der Waals surface area contributed by atoms with Gasteiger partial charge in [0.2, 0.25) is 0 Å². The van der Waals surface area contributed by atoms with E-state index in [-0.39, 0.29) is 11.8 Å². The number of nitrogens with two attached hydrogens (primary N) is 1. The third kappa shape index (κ3) is 5.83. The molecule has 5 N–H and O–H groups in total. The zero-order valence-corrected chi connectivity index (χ0v) is 22.9. The molecule has 4 rings (SSSR count). The van der Waals surface area contributed by atoms with Gasteiger partial charge < -0.3 is 21.7 Å². The molecular formula is C26H29N7O2S2. The van der Waals surface area contributed by atoms with Crippen molar-refractivity contribution in [1.82, 2.24) is 20.3 Å². The van der Waals surface area contributed by atoms with Gasteiger partial charge in [-0.1, -0.05) is 23.9 Å². The minimum Gasteiger partial charge on any atom is -0.397 e. The predicted molar refractivity (Wildman–Crippen MR) is 153 cm³/mol. The quantitative estimate of drug-likeness (QED) is 0.186. The number of benzene rings is 1. The SMILES string of the molecule is CCNc1ncccc1C(=O)Nc1cccc(-c2nc(SC)nc3sc(C(=O)NC(C)(C)C)c(N)c23)c1. The number of nitrogens with one attached hydrogen (secondary N) is 3. The molecule has 3 aromatic heterocycles. The number of fused-ring (bicyclic) bond motifs is 1. The Labute approximate surface area is 223 Å². The highest BCUT2D eigenvalue weighted by molar-refractivity contribution is 7.98. The Balaban J connectivity index is 1.74. The van der Waals surface area contributed by atoms with Crippen molar-refractivity contribution in [3.8, 4) is 11.3 Å². The first-order valence-corrected chi connectivity index (χ1v) is 13.7. The lowest BCUT2D eigenvalue weighted by atomic mass is 10.1. The minimum absolute atomic E-state index is 0.251. The highest BCUT2D eigenvalue weighted by Gasteiger charge is 2.25. The lowest BCUT2D eigenvalue weighted by Crippen LogP contribution is -2.40. The van der Waals surface area contributed by atoms with Crippen LogP contribution in [0.1, 0.15) is 47.7 Å². The molecule has 0 aliphatic carbocycles. The second kappa shape index (κ2) is 10.7. The molecule has 0 aliphatic heterocycles. The van der Waals surface area contributed by atoms with Crippen molar-refractivity contribution in [2.45, 2.75) is 38.4 Å². The van der Waals surface area contributed by atoms with Gasteiger partial charge in [-0.25, -0.2) is 15.0 Å². The Bertz CT molecular complexity index is 1480. The summed E-state index contributed by atoms with van der Waals surface area (Å²) in [6, 6.07) is 10.8. The number of anilines is 3. The summed E-state index contributed by atoms with van der Waals surface area (Å²) in [5.74, 6) is -0.0125. The summed E-state index contributed by atoms with van der Waals surface area (Å²) in [5.41, 5.74) is 8.81. The number of amides is 2. The van der Waals surface area contributed by atoms with Gasteiger partial charge >= 0.3 is 0 Å². The molecule has 37 heavy (non-hydrogen) atoms. The van der Waals surface area contributed by atoms with E-state index in [9.17, 15) is 9.59 Å². The number of nitrogen functional groups attached to an aromatic ring is 1. The van der Waals surface area contributed by atoms with E-state index < -0.39 is 5.54 Å². The van der Waals surface area contributed by atoms with Crippen molar-refractivity contribution in [2.24, 2.45) is 0 Å². The van der Waals surface area contributed by atoms with Gasteiger partial charge in [0.05, 0.1) is 22.3 Å². The first-order valence-electron chi connectivity index (χ1n) is 11.7. The topological polar surface area (TPSA) is 135 Å². The van der Waals surface area contributed by atoms with E-state index in [1.807, 2.05) is 52.1 Å². The number of thiophene rings is 1. The van der Waals surface area contributed by atoms with Crippen molar-refractivity contribution in [3.05, 3.63) is 53.0 Å². The second-order valence-corrected chi connectivity index (χ2v) is 11.0. The largest absolute Gasteiger partial charge is 0.397 e. The Morgan fingerprint density at radius 2 is 1.89 bits per heavy atom. The summed E-state index contributed by atoms with van der Waals surface area (Å²) in [7, 11) is 0. The zero-order valence-electron chi connectivity index (χ0n) is 21.3. The average molecular weight is 536 g/mol. The van der Waals surface area contributed by atoms with Gasteiger partial charge in [0.1, 0.15) is 15.5 Å². The van der Waals surface area contributed by atoms with Crippen molar-refractivity contribution in [2.75, 3.05) is 29.2 Å². The molecule has 0 radical (unpaired) electrons. The summed E-state index contributed by atoms with van der Waals surface area (Å²) in [6.45, 7) is 8.33. The molecule has 2 amide bonds. The lowest BCUT2D eigenvalue weighted by Gasteiger charge is -2.20. The maximum Gasteiger partial charge on any atom is 0.263 e. The highest BCUT2D eigenvalue weighted by Crippen LogP contribution is 2.40. The minimum atomic E-state index is -0.411. The van der Waals surface area contributed by atoms with Crippen LogP contribution in [-0.4, -0.2) is 45.1 Å². The number of pyridine rings is 1. The summed E-state index contributed by atoms with van der Waals surface area (Å²) in [6.07, 6.45) is 3.53. The molecule has 0 saturated heterocycles. The lowest BCUT2D eigenvalue weighted by molar-refractivity contribution is 0.0924. The highest BCUT2D eigenvalue weighted by atomic mass is 32.2. The van der Waals surface area contributed by atoms with E-state index in [1.54, 1.807) is 24.4 Å². The molecule has 0 fully saturated rings. The van der Waals surface area contributed by atoms with Crippen LogP contribution in [0.25, 0.3) is 21.5 Å². The first kappa shape index (κ1) is 26.4. The van der Waals surface area contributed by atoms with Gasteiger partial charge in [-0.3, -0.25) is 9.59 Å². The van der Waals surface area contributed by atoms with Crippen molar-refractivity contribution >= 4 is 62.3 Å². The van der Waals surface area contributed by atoms with Crippen LogP contribution in [0.3, 0.4) is 0 Å². The number of carbonyl (C=O) groups excluding carboxylic acids is 2. The van der Waals surface area contributed by atoms with Crippen molar-refractivity contribution in [1.29, 1.82) is 0 Å². The van der Waals surface area contributed by atoms with E-state index in [1.165, 1.54) is 23.1 Å². The van der Waals surface area contributed by atoms with Crippen LogP contribution in [0.2, 0.25) is 0 Å². The van der Waals surface area contributed by atoms with Crippen LogP contribution < -0.4 is 21.7 Å². The molecule has 192 valence electrons. The smallest absolute Gasteiger partial charge is 0.263 e. The maximum absolute atomic E-state index is 13.0. The Kier molecular flexibility index (Phi) is 7.65. The fourth-order valence-electron chi connectivity index (χ4n) is 3.71. The van der Waals surface area contributed by atoms with E-state index >= 15 is 0 Å². The van der Waals surface area contributed by atoms with E-state index in [2.05, 4.69) is 25.9 Å². The molecule has 9 nitrogen and oxygen atoms in total. The third-order valence-electron chi connectivity index (χ3n) is 5.24. The van der Waals surface area contributed by atoms with Crippen LogP contribution in [0.15, 0.2) is 47.8 Å². The molecule has 3 heterocycles. The molecule has 0 unspecified atom stereocenters. The molecule has 0 atom stereocenters. The van der Waals surface area contributed by atoms with Crippen molar-refractivity contribution < 1.29 is 9.59 Å². The summed E-state index contributed by atoms with van der Waals surface area (Å²) < 4.78 is 0. The van der Waals surface area contributed by atoms with Crippen LogP contribution in [0, 0.1) is 0 Å². The number of hydrogen-bond donors (Lipinski definition) is 4. The molecule has 11 heteroatoms. The second-order valence-electron chi connectivity index (χ2n) is 9.25. The molecule has 0 saturated carbocycles. The van der Waals surface area contributed by atoms with Crippen LogP contribution in [0.4, 0.5) is 17.2 Å². The summed E-state index contributed by atoms with van der Waals surface area (Å²) >= 11 is 2.65. The fraction of sp³-hybridized carbons (Fsp3) is 0.269. The summed E-state index contributed by atoms with van der Waals surface area (Å²) in [4.78, 5) is 40.6. The molecule has 1 aromatic carbocycles. The molecular weight excluding hydrogens is 506 g/mol. The standard InChI is InChI=1S/C26H29N7O2S2/c1-6-28-21-16(11-8-12-29-21)22(34)30-15-10-7-9-14(13-15)19-17-18(27)20(23(35)33-26(2,3)4)37-24(17)32-25(31-19)36-5/h7-13H,6,27H2,1-5H3,(H,28,29)(H,30,34)(H,33,35). The average Bonchev–Trinajstić information content (AvgIpc) is 3.19.